The highest BCUT2D eigenvalue weighted by atomic mass is 32.5. The molecule has 2 saturated heterocycles. The second-order valence-corrected chi connectivity index (χ2v) is 15.9. The van der Waals surface area contributed by atoms with Gasteiger partial charge in [-0.3, -0.25) is 27.9 Å². The number of aromatic amines is 1. The number of ether oxygens (including phenoxy) is 2. The molecular weight excluding hydrogens is 686 g/mol. The molecule has 252 valence electrons. The van der Waals surface area contributed by atoms with Gasteiger partial charge in [0.1, 0.15) is 42.4 Å². The number of imidazole rings is 2. The van der Waals surface area contributed by atoms with E-state index in [4.69, 9.17) is 50.8 Å². The number of aliphatic hydroxyl groups is 1. The van der Waals surface area contributed by atoms with Gasteiger partial charge in [-0.05, 0) is 24.1 Å². The molecule has 4 aromatic rings. The Bertz CT molecular complexity index is 2060. The fourth-order valence-electron chi connectivity index (χ4n) is 7.08. The highest BCUT2D eigenvalue weighted by Crippen LogP contribution is 2.72. The molecule has 4 aliphatic rings. The molecule has 24 heteroatoms. The summed E-state index contributed by atoms with van der Waals surface area (Å²) in [6.45, 7) is -5.04. The Balaban J connectivity index is 1.15. The van der Waals surface area contributed by atoms with Gasteiger partial charge in [-0.2, -0.15) is 4.98 Å². The highest BCUT2D eigenvalue weighted by Gasteiger charge is 2.74. The molecule has 2 bridgehead atoms. The summed E-state index contributed by atoms with van der Waals surface area (Å²) in [7, 11) is -3.58. The van der Waals surface area contributed by atoms with Gasteiger partial charge < -0.3 is 44.9 Å². The van der Waals surface area contributed by atoms with Crippen molar-refractivity contribution in [3.63, 3.8) is 0 Å². The number of phosphoric acid groups is 1. The second-order valence-electron chi connectivity index (χ2n) is 11.8. The molecule has 3 unspecified atom stereocenters. The Kier molecular flexibility index (Phi) is 7.17. The van der Waals surface area contributed by atoms with Crippen LogP contribution < -0.4 is 17.0 Å². The van der Waals surface area contributed by atoms with Gasteiger partial charge >= 0.3 is 14.5 Å². The smallest absolute Gasteiger partial charge is 0.388 e. The predicted octanol–water partition coefficient (Wildman–Crippen LogP) is -0.907. The molecule has 0 radical (unpaired) electrons. The van der Waals surface area contributed by atoms with E-state index < -0.39 is 80.8 Å². The van der Waals surface area contributed by atoms with E-state index in [0.717, 1.165) is 0 Å². The van der Waals surface area contributed by atoms with E-state index in [1.54, 1.807) is 4.57 Å². The maximum atomic E-state index is 13.4. The molecule has 8 rings (SSSR count). The Hall–Kier alpha value is -2.98. The van der Waals surface area contributed by atoms with Crippen molar-refractivity contribution in [2.75, 3.05) is 31.8 Å². The van der Waals surface area contributed by atoms with Crippen LogP contribution in [-0.2, 0) is 43.9 Å². The second kappa shape index (κ2) is 10.8. The number of aromatic nitrogens is 8. The maximum Gasteiger partial charge on any atom is 0.472 e. The van der Waals surface area contributed by atoms with Crippen molar-refractivity contribution in [3.8, 4) is 0 Å². The lowest BCUT2D eigenvalue weighted by molar-refractivity contribution is -0.0663. The van der Waals surface area contributed by atoms with Gasteiger partial charge in [-0.25, -0.2) is 24.5 Å². The Morgan fingerprint density at radius 1 is 1.11 bits per heavy atom. The average Bonchev–Trinajstić information content (AvgIpc) is 3.30. The first kappa shape index (κ1) is 31.3. The van der Waals surface area contributed by atoms with E-state index in [9.17, 15) is 24.3 Å². The van der Waals surface area contributed by atoms with Crippen LogP contribution in [0.25, 0.3) is 22.3 Å². The SMILES string of the molecule is CO[C@H]1[C@H]2OP(O)(=S)OCC34C[C@@H]3[C@@H](n3cnc5c(N)ncnc53)[C@H](O)[C@@H]4OP(=O)(O)OC[C@H]1O[C@H]2n1cnc2c(=O)[nH]c(N)nc21. The van der Waals surface area contributed by atoms with Crippen LogP contribution in [0, 0.1) is 11.3 Å². The first-order chi connectivity index (χ1) is 22.3. The third kappa shape index (κ3) is 4.94. The van der Waals surface area contributed by atoms with Gasteiger partial charge in [0.25, 0.3) is 5.56 Å². The van der Waals surface area contributed by atoms with Crippen molar-refractivity contribution in [2.24, 2.45) is 11.3 Å². The van der Waals surface area contributed by atoms with Crippen molar-refractivity contribution in [1.29, 1.82) is 0 Å². The van der Waals surface area contributed by atoms with Crippen molar-refractivity contribution < 1.29 is 47.0 Å². The van der Waals surface area contributed by atoms with Crippen molar-refractivity contribution >= 4 is 60.4 Å². The minimum atomic E-state index is -4.90. The van der Waals surface area contributed by atoms with Crippen molar-refractivity contribution in [3.05, 3.63) is 29.3 Å². The molecule has 4 fully saturated rings. The Labute approximate surface area is 268 Å². The van der Waals surface area contributed by atoms with E-state index in [2.05, 4.69) is 29.9 Å². The Morgan fingerprint density at radius 2 is 1.87 bits per heavy atom. The summed E-state index contributed by atoms with van der Waals surface area (Å²) in [5.41, 5.74) is 10.6. The average molecular weight is 715 g/mol. The summed E-state index contributed by atoms with van der Waals surface area (Å²) in [5.74, 6) is -0.453. The van der Waals surface area contributed by atoms with Gasteiger partial charge in [-0.15, -0.1) is 0 Å². The molecular formula is C23H28N10O11P2S. The van der Waals surface area contributed by atoms with Crippen LogP contribution >= 0.6 is 14.5 Å². The third-order valence-electron chi connectivity index (χ3n) is 9.21. The maximum absolute atomic E-state index is 13.4. The van der Waals surface area contributed by atoms with E-state index >= 15 is 0 Å². The lowest BCUT2D eigenvalue weighted by Gasteiger charge is -2.31. The van der Waals surface area contributed by atoms with Crippen LogP contribution in [0.15, 0.2) is 23.8 Å². The minimum absolute atomic E-state index is 0.0262. The standard InChI is InChI=1S/C23H28N10O11P2S/c1-39-14-9-3-40-45(36,37)44-16-13(34)12(32-6-28-10-17(24)26-5-27-18(10)32)8-2-23(8,16)4-41-46(38,47)43-15(14)21(42-9)33-7-29-11-19(33)30-22(25)31-20(11)35/h5-9,12-16,21,34H,2-4H2,1H3,(H,36,37)(H,38,47)(H2,24,26,27)(H3,25,30,31,35)/t8-,9-,12-,13+,14-,15-,16+,21-,23?,46?/m1/s1. The van der Waals surface area contributed by atoms with Gasteiger partial charge in [0, 0.05) is 12.5 Å². The number of H-pyrrole nitrogens is 1. The van der Waals surface area contributed by atoms with Crippen molar-refractivity contribution in [1.82, 2.24) is 39.0 Å². The summed E-state index contributed by atoms with van der Waals surface area (Å²) >= 11 is 5.44. The lowest BCUT2D eigenvalue weighted by atomic mass is 10.0. The fourth-order valence-corrected chi connectivity index (χ4v) is 9.55. The molecule has 2 saturated carbocycles. The molecule has 8 N–H and O–H groups in total. The third-order valence-corrected chi connectivity index (χ3v) is 11.7. The van der Waals surface area contributed by atoms with Crippen molar-refractivity contribution in [2.45, 2.75) is 49.2 Å². The quantitative estimate of drug-likeness (QED) is 0.140. The van der Waals surface area contributed by atoms with E-state index in [-0.39, 0.29) is 29.5 Å². The van der Waals surface area contributed by atoms with Gasteiger partial charge in [0.05, 0.1) is 31.9 Å². The molecule has 1 spiro atoms. The zero-order chi connectivity index (χ0) is 33.0. The number of phosphoric ester groups is 1. The zero-order valence-electron chi connectivity index (χ0n) is 24.2. The van der Waals surface area contributed by atoms with Crippen LogP contribution in [-0.4, -0.2) is 105 Å². The number of nitrogens with one attached hydrogen (secondary N) is 1. The fraction of sp³-hybridized carbons (Fsp3) is 0.565. The summed E-state index contributed by atoms with van der Waals surface area (Å²) in [6.07, 6.45) is -2.98. The topological polar surface area (TPSA) is 292 Å². The Morgan fingerprint density at radius 3 is 2.66 bits per heavy atom. The first-order valence-electron chi connectivity index (χ1n) is 14.2. The van der Waals surface area contributed by atoms with E-state index in [0.29, 0.717) is 17.6 Å². The van der Waals surface area contributed by atoms with E-state index in [1.165, 1.54) is 30.7 Å². The molecule has 47 heavy (non-hydrogen) atoms. The molecule has 2 aliphatic carbocycles. The molecule has 0 aromatic carbocycles. The zero-order valence-corrected chi connectivity index (χ0v) is 26.8. The molecule has 4 aromatic heterocycles. The number of nitrogens with zero attached hydrogens (tertiary/aromatic N) is 7. The normalized spacial score (nSPS) is 40.4. The summed E-state index contributed by atoms with van der Waals surface area (Å²) in [4.78, 5) is 57.9. The first-order valence-corrected chi connectivity index (χ1v) is 18.2. The number of hydrogen-bond donors (Lipinski definition) is 6. The highest BCUT2D eigenvalue weighted by molar-refractivity contribution is 8.07. The molecule has 6 heterocycles. The van der Waals surface area contributed by atoms with E-state index in [1.807, 2.05) is 0 Å². The number of nitrogens with two attached hydrogens (primary N) is 2. The minimum Gasteiger partial charge on any atom is -0.388 e. The van der Waals surface area contributed by atoms with Crippen LogP contribution in [0.4, 0.5) is 11.8 Å². The number of rotatable bonds is 3. The number of anilines is 2. The van der Waals surface area contributed by atoms with Crippen LogP contribution in [0.5, 0.6) is 0 Å². The summed E-state index contributed by atoms with van der Waals surface area (Å²) in [6, 6.07) is -0.743. The van der Waals surface area contributed by atoms with Crippen LogP contribution in [0.2, 0.25) is 0 Å². The molecule has 21 nitrogen and oxygen atoms in total. The van der Waals surface area contributed by atoms with Crippen LogP contribution in [0.3, 0.4) is 0 Å². The number of hydrogen-bond acceptors (Lipinski definition) is 17. The lowest BCUT2D eigenvalue weighted by Crippen LogP contribution is -2.38. The monoisotopic (exact) mass is 714 g/mol. The van der Waals surface area contributed by atoms with Gasteiger partial charge in [0.2, 0.25) is 5.95 Å². The van der Waals surface area contributed by atoms with Gasteiger partial charge in [-0.1, -0.05) is 0 Å². The largest absolute Gasteiger partial charge is 0.472 e. The number of methoxy groups -OCH3 is 1. The molecule has 2 aliphatic heterocycles. The predicted molar refractivity (Wildman–Crippen MR) is 161 cm³/mol. The number of fused-ring (bicyclic) bond motifs is 4. The molecule has 0 amide bonds. The van der Waals surface area contributed by atoms with Crippen LogP contribution in [0.1, 0.15) is 18.7 Å². The summed E-state index contributed by atoms with van der Waals surface area (Å²) < 4.78 is 51.1. The summed E-state index contributed by atoms with van der Waals surface area (Å²) in [5, 5.41) is 11.6. The number of nitrogen functional groups attached to an aromatic ring is 2. The number of aliphatic hydroxyl groups excluding tert-OH is 1. The van der Waals surface area contributed by atoms with Gasteiger partial charge in [0.15, 0.2) is 28.9 Å². The molecule has 11 atom stereocenters.